The second-order valence-electron chi connectivity index (χ2n) is 3.73. The molecule has 0 unspecified atom stereocenters. The Hall–Kier alpha value is 4.26. The van der Waals surface area contributed by atoms with Crippen molar-refractivity contribution in [2.24, 2.45) is 5.73 Å². The number of nitrogens with two attached hydrogens (primary N) is 1. The third-order valence-corrected chi connectivity index (χ3v) is 7.33. The number of phosphoric acid groups is 2. The van der Waals surface area contributed by atoms with Crippen LogP contribution in [0.4, 0.5) is 0 Å². The minimum absolute atomic E-state index is 0. The first-order valence-corrected chi connectivity index (χ1v) is 11.2. The molecule has 26 heavy (non-hydrogen) atoms. The van der Waals surface area contributed by atoms with E-state index < -0.39 is 42.3 Å². The van der Waals surface area contributed by atoms with Gasteiger partial charge in [-0.25, -0.2) is 0 Å². The molecular formula is C4H15Ca3NO14P4. The van der Waals surface area contributed by atoms with Crippen LogP contribution in [-0.4, -0.2) is 150 Å². The van der Waals surface area contributed by atoms with E-state index in [-0.39, 0.29) is 126 Å². The predicted molar refractivity (Wildman–Crippen MR) is 83.7 cm³/mol. The number of aliphatic hydroxyl groups is 1. The summed E-state index contributed by atoms with van der Waals surface area (Å²) in [5.41, 5.74) is 5.01. The van der Waals surface area contributed by atoms with Crippen LogP contribution in [0.1, 0.15) is 12.8 Å². The maximum absolute atomic E-state index is 10.7. The average molecular weight is 545 g/mol. The van der Waals surface area contributed by atoms with E-state index in [0.29, 0.717) is 0 Å². The van der Waals surface area contributed by atoms with Crippen LogP contribution in [0.5, 0.6) is 0 Å². The van der Waals surface area contributed by atoms with Gasteiger partial charge in [-0.2, -0.15) is 0 Å². The molecule has 0 atom stereocenters. The van der Waals surface area contributed by atoms with Crippen molar-refractivity contribution in [1.82, 2.24) is 0 Å². The van der Waals surface area contributed by atoms with E-state index in [0.717, 1.165) is 0 Å². The fourth-order valence-corrected chi connectivity index (χ4v) is 4.16. The Morgan fingerprint density at radius 3 is 1.23 bits per heavy atom. The third kappa shape index (κ3) is 19.0. The van der Waals surface area contributed by atoms with Crippen LogP contribution in [0, 0.1) is 0 Å². The van der Waals surface area contributed by atoms with Gasteiger partial charge in [0, 0.05) is 6.42 Å². The van der Waals surface area contributed by atoms with Gasteiger partial charge in [-0.05, 0) is 13.0 Å². The Balaban J connectivity index is -0.000000109. The average Bonchev–Trinajstić information content (AvgIpc) is 2.17. The molecular weight excluding hydrogens is 530 g/mol. The van der Waals surface area contributed by atoms with Crippen molar-refractivity contribution in [3.8, 4) is 0 Å². The molecule has 0 aromatic heterocycles. The molecule has 0 aromatic rings. The van der Waals surface area contributed by atoms with Crippen molar-refractivity contribution < 1.29 is 66.8 Å². The van der Waals surface area contributed by atoms with Crippen LogP contribution in [0.2, 0.25) is 0 Å². The standard InChI is InChI=1S/C4H13NO7P2.3Ca.H4O7P2.2H/c5-3-1-2-4(6,13(7,8)9)14(10,11)12;;;;1-8(2,3)7-9(4,5)6;;/h6H,1-3,5H2,(H2,7,8,9)(H2,10,11,12);;;;(H2,1,2,3)(H2,4,5,6);;/q;;2*+2;;;/p-4. The first-order chi connectivity index (χ1) is 9.77. The normalized spacial score (nSPS) is 12.5. The van der Waals surface area contributed by atoms with Crippen molar-refractivity contribution in [2.75, 3.05) is 6.54 Å². The minimum atomic E-state index is -5.68. The molecule has 0 radical (unpaired) electrons. The van der Waals surface area contributed by atoms with Gasteiger partial charge in [-0.1, -0.05) is 0 Å². The van der Waals surface area contributed by atoms with Gasteiger partial charge in [0.05, 0.1) is 15.6 Å². The summed E-state index contributed by atoms with van der Waals surface area (Å²) in [4.78, 5) is 71.8. The zero-order chi connectivity index (χ0) is 19.3. The van der Waals surface area contributed by atoms with Crippen molar-refractivity contribution >= 4 is 144 Å². The maximum atomic E-state index is 10.7. The first-order valence-electron chi connectivity index (χ1n) is 5.06. The topological polar surface area (TPSA) is 297 Å². The van der Waals surface area contributed by atoms with Gasteiger partial charge in [0.2, 0.25) is 0 Å². The number of hydrogen-bond acceptors (Lipinski definition) is 11. The van der Waals surface area contributed by atoms with Gasteiger partial charge in [0.25, 0.3) is 5.08 Å². The summed E-state index contributed by atoms with van der Waals surface area (Å²) < 4.78 is 42.6. The molecule has 0 fully saturated rings. The van der Waals surface area contributed by atoms with Gasteiger partial charge in [-0.3, -0.25) is 9.13 Å². The van der Waals surface area contributed by atoms with Crippen molar-refractivity contribution in [3.05, 3.63) is 0 Å². The van der Waals surface area contributed by atoms with E-state index in [1.54, 1.807) is 0 Å². The van der Waals surface area contributed by atoms with Crippen LogP contribution in [0.15, 0.2) is 0 Å². The van der Waals surface area contributed by atoms with Crippen molar-refractivity contribution in [2.45, 2.75) is 17.9 Å². The van der Waals surface area contributed by atoms with Crippen LogP contribution < -0.4 is 25.3 Å². The fourth-order valence-electron chi connectivity index (χ4n) is 0.923. The molecule has 0 rings (SSSR count). The van der Waals surface area contributed by atoms with Crippen LogP contribution in [0.25, 0.3) is 0 Å². The molecule has 0 saturated heterocycles. The van der Waals surface area contributed by atoms with Crippen molar-refractivity contribution in [3.63, 3.8) is 0 Å². The molecule has 15 nitrogen and oxygen atoms in total. The molecule has 0 aliphatic heterocycles. The predicted octanol–water partition coefficient (Wildman–Crippen LogP) is -6.29. The van der Waals surface area contributed by atoms with Crippen LogP contribution in [-0.2, 0) is 22.6 Å². The molecule has 7 N–H and O–H groups in total. The molecule has 0 amide bonds. The van der Waals surface area contributed by atoms with E-state index in [1.165, 1.54) is 0 Å². The van der Waals surface area contributed by atoms with Crippen LogP contribution >= 0.6 is 30.8 Å². The van der Waals surface area contributed by atoms with E-state index in [4.69, 9.17) is 25.3 Å². The molecule has 0 aromatic carbocycles. The Morgan fingerprint density at radius 2 is 1.12 bits per heavy atom. The molecule has 0 heterocycles. The van der Waals surface area contributed by atoms with E-state index in [2.05, 4.69) is 4.31 Å². The van der Waals surface area contributed by atoms with Gasteiger partial charge >= 0.3 is 128 Å². The van der Waals surface area contributed by atoms with Gasteiger partial charge in [-0.15, -0.1) is 0 Å². The Kier molecular flexibility index (Phi) is 24.9. The first kappa shape index (κ1) is 40.6. The summed E-state index contributed by atoms with van der Waals surface area (Å²) in [6, 6.07) is 0. The zero-order valence-corrected chi connectivity index (χ0v) is 20.3. The second-order valence-corrected chi connectivity index (χ2v) is 10.2. The molecule has 0 aliphatic rings. The Labute approximate surface area is 237 Å². The van der Waals surface area contributed by atoms with Crippen molar-refractivity contribution in [1.29, 1.82) is 0 Å². The second kappa shape index (κ2) is 16.0. The SMILES string of the molecule is NCCCC(O)(P(=O)(O)O)P(=O)(O)O.O=P([O-])([O-])OP(=O)([O-])[O-].[Ca+2].[Ca+2].[CaH2]. The summed E-state index contributed by atoms with van der Waals surface area (Å²) in [5.74, 6) is 0. The summed E-state index contributed by atoms with van der Waals surface area (Å²) in [5, 5.41) is 5.91. The van der Waals surface area contributed by atoms with Crippen LogP contribution in [0.3, 0.4) is 0 Å². The molecule has 0 saturated carbocycles. The summed E-state index contributed by atoms with van der Waals surface area (Å²) in [7, 11) is -22.0. The quantitative estimate of drug-likeness (QED) is 0.128. The number of rotatable bonds is 7. The van der Waals surface area contributed by atoms with Gasteiger partial charge in [0.15, 0.2) is 0 Å². The number of hydrogen-bond donors (Lipinski definition) is 6. The third-order valence-electron chi connectivity index (χ3n) is 1.85. The molecule has 146 valence electrons. The zero-order valence-electron chi connectivity index (χ0n) is 12.3. The van der Waals surface area contributed by atoms with E-state index in [9.17, 15) is 42.9 Å². The van der Waals surface area contributed by atoms with E-state index >= 15 is 0 Å². The molecule has 22 heteroatoms. The van der Waals surface area contributed by atoms with Gasteiger partial charge < -0.3 is 63.4 Å². The van der Waals surface area contributed by atoms with Gasteiger partial charge in [0.1, 0.15) is 0 Å². The van der Waals surface area contributed by atoms with E-state index in [1.807, 2.05) is 0 Å². The summed E-state index contributed by atoms with van der Waals surface area (Å²) >= 11 is 0. The molecule has 0 bridgehead atoms. The molecule has 0 spiro atoms. The summed E-state index contributed by atoms with van der Waals surface area (Å²) in [6.07, 6.45) is -0.856. The fraction of sp³-hybridized carbons (Fsp3) is 1.00. The molecule has 0 aliphatic carbocycles. The monoisotopic (exact) mass is 545 g/mol. The Morgan fingerprint density at radius 1 is 0.846 bits per heavy atom. The Bertz CT molecular complexity index is 521. The summed E-state index contributed by atoms with van der Waals surface area (Å²) in [6.45, 7) is -0.0394.